The molecule has 26 heavy (non-hydrogen) atoms. The number of likely N-dealkylation sites (tertiary alicyclic amines) is 1. The molecular formula is C18H32ClN3O4. The second-order valence-corrected chi connectivity index (χ2v) is 7.31. The number of piperidine rings is 1. The van der Waals surface area contributed by atoms with Gasteiger partial charge in [0.1, 0.15) is 6.10 Å². The van der Waals surface area contributed by atoms with E-state index in [1.807, 2.05) is 16.7 Å². The molecule has 1 N–H and O–H groups in total. The molecule has 0 aromatic rings. The van der Waals surface area contributed by atoms with Crippen molar-refractivity contribution >= 4 is 24.2 Å². The molecule has 0 aliphatic carbocycles. The van der Waals surface area contributed by atoms with Crippen LogP contribution in [-0.2, 0) is 19.1 Å². The predicted octanol–water partition coefficient (Wildman–Crippen LogP) is 0.805. The first kappa shape index (κ1) is 21.4. The lowest BCUT2D eigenvalue weighted by Gasteiger charge is -2.41. The van der Waals surface area contributed by atoms with Crippen LogP contribution in [0.3, 0.4) is 0 Å². The second kappa shape index (κ2) is 10.4. The number of piperazine rings is 1. The summed E-state index contributed by atoms with van der Waals surface area (Å²) in [7, 11) is 0. The van der Waals surface area contributed by atoms with Crippen LogP contribution >= 0.6 is 12.4 Å². The number of nitrogens with one attached hydrogen (secondary N) is 1. The fourth-order valence-electron chi connectivity index (χ4n) is 3.94. The number of carbonyl (C=O) groups is 2. The van der Waals surface area contributed by atoms with Gasteiger partial charge in [0, 0.05) is 38.8 Å². The Morgan fingerprint density at radius 3 is 2.88 bits per heavy atom. The zero-order chi connectivity index (χ0) is 17.6. The third-order valence-electron chi connectivity index (χ3n) is 5.43. The van der Waals surface area contributed by atoms with E-state index in [0.717, 1.165) is 51.9 Å². The number of amides is 2. The third-order valence-corrected chi connectivity index (χ3v) is 5.43. The predicted molar refractivity (Wildman–Crippen MR) is 100 cm³/mol. The molecule has 0 spiro atoms. The highest BCUT2D eigenvalue weighted by atomic mass is 35.5. The minimum Gasteiger partial charge on any atom is -0.376 e. The summed E-state index contributed by atoms with van der Waals surface area (Å²) in [5.74, 6) is 0.174. The fraction of sp³-hybridized carbons (Fsp3) is 0.889. The van der Waals surface area contributed by atoms with Crippen molar-refractivity contribution in [2.75, 3.05) is 45.9 Å². The highest BCUT2D eigenvalue weighted by Crippen LogP contribution is 2.19. The minimum atomic E-state index is -0.456. The fourth-order valence-corrected chi connectivity index (χ4v) is 3.94. The summed E-state index contributed by atoms with van der Waals surface area (Å²) < 4.78 is 11.5. The molecule has 0 aromatic heterocycles. The van der Waals surface area contributed by atoms with Crippen LogP contribution < -0.4 is 5.32 Å². The molecule has 0 aromatic carbocycles. The van der Waals surface area contributed by atoms with Crippen LogP contribution in [0, 0.1) is 0 Å². The van der Waals surface area contributed by atoms with Crippen LogP contribution in [-0.4, -0.2) is 85.8 Å². The zero-order valence-corrected chi connectivity index (χ0v) is 16.5. The molecule has 8 heteroatoms. The van der Waals surface area contributed by atoms with Gasteiger partial charge < -0.3 is 24.6 Å². The highest BCUT2D eigenvalue weighted by molar-refractivity contribution is 5.85. The van der Waals surface area contributed by atoms with Crippen molar-refractivity contribution in [3.8, 4) is 0 Å². The van der Waals surface area contributed by atoms with E-state index in [1.54, 1.807) is 0 Å². The van der Waals surface area contributed by atoms with Crippen LogP contribution in [0.2, 0.25) is 0 Å². The van der Waals surface area contributed by atoms with Gasteiger partial charge in [-0.25, -0.2) is 0 Å². The van der Waals surface area contributed by atoms with Gasteiger partial charge in [-0.2, -0.15) is 0 Å². The van der Waals surface area contributed by atoms with E-state index in [4.69, 9.17) is 9.47 Å². The average Bonchev–Trinajstić information content (AvgIpc) is 2.67. The minimum absolute atomic E-state index is 0. The molecule has 0 saturated carbocycles. The number of hydrogen-bond donors (Lipinski definition) is 1. The first-order valence-electron chi connectivity index (χ1n) is 9.67. The van der Waals surface area contributed by atoms with Gasteiger partial charge in [0.25, 0.3) is 5.91 Å². The number of halogens is 1. The Bertz CT molecular complexity index is 473. The van der Waals surface area contributed by atoms with Crippen molar-refractivity contribution in [3.05, 3.63) is 0 Å². The van der Waals surface area contributed by atoms with Crippen LogP contribution in [0.5, 0.6) is 0 Å². The topological polar surface area (TPSA) is 71.1 Å². The summed E-state index contributed by atoms with van der Waals surface area (Å²) in [6.45, 7) is 6.45. The van der Waals surface area contributed by atoms with Crippen LogP contribution in [0.25, 0.3) is 0 Å². The van der Waals surface area contributed by atoms with Gasteiger partial charge in [-0.15, -0.1) is 12.4 Å². The first-order chi connectivity index (χ1) is 12.1. The summed E-state index contributed by atoms with van der Waals surface area (Å²) in [6, 6.07) is 0.140. The van der Waals surface area contributed by atoms with E-state index in [1.165, 1.54) is 6.42 Å². The lowest BCUT2D eigenvalue weighted by Crippen LogP contribution is -2.58. The maximum atomic E-state index is 12.7. The molecule has 3 atom stereocenters. The first-order valence-corrected chi connectivity index (χ1v) is 9.67. The van der Waals surface area contributed by atoms with Crippen molar-refractivity contribution in [2.24, 2.45) is 0 Å². The quantitative estimate of drug-likeness (QED) is 0.753. The van der Waals surface area contributed by atoms with Gasteiger partial charge in [0.05, 0.1) is 19.3 Å². The maximum Gasteiger partial charge on any atom is 0.251 e. The van der Waals surface area contributed by atoms with E-state index in [-0.39, 0.29) is 36.4 Å². The standard InChI is InChI=1S/C18H31N3O4.ClH/c1-14(25-13-16-6-2-3-10-24-16)18(23)20-8-4-5-15(12-20)21-9-7-19-11-17(21)22;/h14-16,19H,2-13H2,1H3;1H. The molecule has 3 fully saturated rings. The smallest absolute Gasteiger partial charge is 0.251 e. The van der Waals surface area contributed by atoms with Gasteiger partial charge in [-0.3, -0.25) is 9.59 Å². The normalized spacial score (nSPS) is 28.4. The Kier molecular flexibility index (Phi) is 8.60. The van der Waals surface area contributed by atoms with Gasteiger partial charge in [-0.1, -0.05) is 0 Å². The highest BCUT2D eigenvalue weighted by Gasteiger charge is 2.33. The van der Waals surface area contributed by atoms with Gasteiger partial charge >= 0.3 is 0 Å². The van der Waals surface area contributed by atoms with E-state index in [0.29, 0.717) is 19.7 Å². The summed E-state index contributed by atoms with van der Waals surface area (Å²) in [5, 5.41) is 3.10. The van der Waals surface area contributed by atoms with Crippen molar-refractivity contribution in [1.29, 1.82) is 0 Å². The third kappa shape index (κ3) is 5.55. The molecule has 7 nitrogen and oxygen atoms in total. The SMILES string of the molecule is CC(OCC1CCCCO1)C(=O)N1CCCC(N2CCNCC2=O)C1.Cl. The van der Waals surface area contributed by atoms with E-state index in [9.17, 15) is 9.59 Å². The van der Waals surface area contributed by atoms with Gasteiger partial charge in [-0.05, 0) is 39.0 Å². The van der Waals surface area contributed by atoms with Crippen LogP contribution in [0.4, 0.5) is 0 Å². The van der Waals surface area contributed by atoms with E-state index < -0.39 is 6.10 Å². The Morgan fingerprint density at radius 1 is 1.31 bits per heavy atom. The van der Waals surface area contributed by atoms with Crippen LogP contribution in [0.15, 0.2) is 0 Å². The molecule has 3 aliphatic rings. The Morgan fingerprint density at radius 2 is 2.15 bits per heavy atom. The zero-order valence-electron chi connectivity index (χ0n) is 15.7. The number of carbonyl (C=O) groups excluding carboxylic acids is 2. The number of ether oxygens (including phenoxy) is 2. The van der Waals surface area contributed by atoms with Crippen molar-refractivity contribution in [1.82, 2.24) is 15.1 Å². The molecule has 2 amide bonds. The molecule has 3 heterocycles. The largest absolute Gasteiger partial charge is 0.376 e. The number of hydrogen-bond acceptors (Lipinski definition) is 5. The molecule has 3 unspecified atom stereocenters. The lowest BCUT2D eigenvalue weighted by atomic mass is 10.0. The molecular weight excluding hydrogens is 358 g/mol. The van der Waals surface area contributed by atoms with Crippen molar-refractivity contribution in [2.45, 2.75) is 57.3 Å². The Balaban J connectivity index is 0.00000243. The number of rotatable bonds is 5. The molecule has 150 valence electrons. The van der Waals surface area contributed by atoms with Crippen LogP contribution in [0.1, 0.15) is 39.0 Å². The van der Waals surface area contributed by atoms with Gasteiger partial charge in [0.15, 0.2) is 0 Å². The average molecular weight is 390 g/mol. The maximum absolute atomic E-state index is 12.7. The van der Waals surface area contributed by atoms with Crippen molar-refractivity contribution in [3.63, 3.8) is 0 Å². The molecule has 3 saturated heterocycles. The summed E-state index contributed by atoms with van der Waals surface area (Å²) >= 11 is 0. The molecule has 0 bridgehead atoms. The number of nitrogens with zero attached hydrogens (tertiary/aromatic N) is 2. The Hall–Kier alpha value is -0.890. The molecule has 3 aliphatic heterocycles. The van der Waals surface area contributed by atoms with E-state index in [2.05, 4.69) is 5.32 Å². The van der Waals surface area contributed by atoms with Gasteiger partial charge in [0.2, 0.25) is 5.91 Å². The summed E-state index contributed by atoms with van der Waals surface area (Å²) in [5.41, 5.74) is 0. The monoisotopic (exact) mass is 389 g/mol. The summed E-state index contributed by atoms with van der Waals surface area (Å²) in [6.07, 6.45) is 4.87. The van der Waals surface area contributed by atoms with Crippen molar-refractivity contribution < 1.29 is 19.1 Å². The molecule has 3 rings (SSSR count). The second-order valence-electron chi connectivity index (χ2n) is 7.31. The molecule has 0 radical (unpaired) electrons. The summed E-state index contributed by atoms with van der Waals surface area (Å²) in [4.78, 5) is 28.6. The lowest BCUT2D eigenvalue weighted by molar-refractivity contribution is -0.150. The van der Waals surface area contributed by atoms with E-state index >= 15 is 0 Å². The Labute approximate surface area is 162 Å².